The third-order valence-electron chi connectivity index (χ3n) is 3.39. The number of ether oxygens (including phenoxy) is 1. The van der Waals surface area contributed by atoms with Gasteiger partial charge in [-0.25, -0.2) is 0 Å². The number of aliphatic hydroxyl groups excluding tert-OH is 1. The van der Waals surface area contributed by atoms with E-state index >= 15 is 0 Å². The van der Waals surface area contributed by atoms with Crippen LogP contribution in [0.1, 0.15) is 10.4 Å². The van der Waals surface area contributed by atoms with Crippen LogP contribution in [0.15, 0.2) is 24.3 Å². The van der Waals surface area contributed by atoms with Gasteiger partial charge in [0.1, 0.15) is 5.75 Å². The lowest BCUT2D eigenvalue weighted by Crippen LogP contribution is -2.49. The molecule has 1 N–H and O–H groups in total. The largest absolute Gasteiger partial charge is 0.497 e. The van der Waals surface area contributed by atoms with Gasteiger partial charge in [-0.1, -0.05) is 6.07 Å². The van der Waals surface area contributed by atoms with Crippen LogP contribution in [0.2, 0.25) is 0 Å². The molecule has 0 saturated carbocycles. The molecule has 19 heavy (non-hydrogen) atoms. The van der Waals surface area contributed by atoms with Crippen molar-refractivity contribution < 1.29 is 14.6 Å². The molecule has 1 saturated heterocycles. The first kappa shape index (κ1) is 13.8. The van der Waals surface area contributed by atoms with E-state index in [0.717, 1.165) is 13.1 Å². The Kier molecular flexibility index (Phi) is 4.76. The minimum Gasteiger partial charge on any atom is -0.497 e. The van der Waals surface area contributed by atoms with E-state index in [1.807, 2.05) is 23.1 Å². The molecule has 0 aromatic heterocycles. The maximum absolute atomic E-state index is 12.3. The Morgan fingerprint density at radius 3 is 2.68 bits per heavy atom. The summed E-state index contributed by atoms with van der Waals surface area (Å²) in [6, 6.07) is 7.23. The van der Waals surface area contributed by atoms with Crippen LogP contribution in [0.5, 0.6) is 5.75 Å². The van der Waals surface area contributed by atoms with E-state index in [1.165, 1.54) is 0 Å². The van der Waals surface area contributed by atoms with Gasteiger partial charge in [0, 0.05) is 38.3 Å². The molecule has 0 spiro atoms. The molecule has 5 nitrogen and oxygen atoms in total. The van der Waals surface area contributed by atoms with E-state index < -0.39 is 0 Å². The van der Waals surface area contributed by atoms with Crippen molar-refractivity contribution in [2.75, 3.05) is 46.4 Å². The predicted octanol–water partition coefficient (Wildman–Crippen LogP) is 0.445. The Bertz CT molecular complexity index is 428. The zero-order chi connectivity index (χ0) is 13.7. The van der Waals surface area contributed by atoms with Gasteiger partial charge in [0.25, 0.3) is 5.91 Å². The highest BCUT2D eigenvalue weighted by atomic mass is 16.5. The predicted molar refractivity (Wildman–Crippen MR) is 72.4 cm³/mol. The summed E-state index contributed by atoms with van der Waals surface area (Å²) in [5.74, 6) is 0.743. The number of amides is 1. The Labute approximate surface area is 113 Å². The lowest BCUT2D eigenvalue weighted by atomic mass is 10.1. The lowest BCUT2D eigenvalue weighted by Gasteiger charge is -2.34. The first-order chi connectivity index (χ1) is 9.24. The number of carbonyl (C=O) groups is 1. The van der Waals surface area contributed by atoms with E-state index in [2.05, 4.69) is 4.90 Å². The highest BCUT2D eigenvalue weighted by Gasteiger charge is 2.21. The maximum Gasteiger partial charge on any atom is 0.254 e. The van der Waals surface area contributed by atoms with Crippen molar-refractivity contribution in [2.45, 2.75) is 0 Å². The van der Waals surface area contributed by atoms with Gasteiger partial charge in [0.2, 0.25) is 0 Å². The Morgan fingerprint density at radius 2 is 2.05 bits per heavy atom. The molecule has 5 heteroatoms. The quantitative estimate of drug-likeness (QED) is 0.857. The van der Waals surface area contributed by atoms with Gasteiger partial charge in [-0.2, -0.15) is 0 Å². The molecule has 0 atom stereocenters. The molecular formula is C14H20N2O3. The second-order valence-corrected chi connectivity index (χ2v) is 4.59. The molecule has 0 bridgehead atoms. The van der Waals surface area contributed by atoms with Gasteiger partial charge >= 0.3 is 0 Å². The number of β-amino-alcohol motifs (C(OH)–C–C–N with tert-alkyl or cyclic N) is 1. The minimum atomic E-state index is 0.0440. The topological polar surface area (TPSA) is 53.0 Å². The van der Waals surface area contributed by atoms with Gasteiger partial charge in [0.15, 0.2) is 0 Å². The number of methoxy groups -OCH3 is 1. The van der Waals surface area contributed by atoms with Crippen molar-refractivity contribution in [3.63, 3.8) is 0 Å². The fourth-order valence-corrected chi connectivity index (χ4v) is 2.25. The van der Waals surface area contributed by atoms with Crippen molar-refractivity contribution in [3.05, 3.63) is 29.8 Å². The number of carbonyl (C=O) groups excluding carboxylic acids is 1. The van der Waals surface area contributed by atoms with Crippen molar-refractivity contribution >= 4 is 5.91 Å². The third kappa shape index (κ3) is 3.45. The summed E-state index contributed by atoms with van der Waals surface area (Å²) in [6.45, 7) is 3.89. The van der Waals surface area contributed by atoms with Crippen LogP contribution in [0.4, 0.5) is 0 Å². The molecule has 0 aliphatic carbocycles. The monoisotopic (exact) mass is 264 g/mol. The number of piperazine rings is 1. The van der Waals surface area contributed by atoms with E-state index in [4.69, 9.17) is 9.84 Å². The molecule has 0 unspecified atom stereocenters. The number of hydrogen-bond donors (Lipinski definition) is 1. The van der Waals surface area contributed by atoms with Crippen molar-refractivity contribution in [1.82, 2.24) is 9.80 Å². The highest BCUT2D eigenvalue weighted by molar-refractivity contribution is 5.94. The number of aliphatic hydroxyl groups is 1. The summed E-state index contributed by atoms with van der Waals surface area (Å²) in [4.78, 5) is 16.3. The SMILES string of the molecule is COc1cccc(C(=O)N2CCN(CCO)CC2)c1. The molecule has 1 fully saturated rings. The molecule has 2 rings (SSSR count). The van der Waals surface area contributed by atoms with E-state index in [1.54, 1.807) is 13.2 Å². The average Bonchev–Trinajstić information content (AvgIpc) is 2.48. The van der Waals surface area contributed by atoms with Crippen LogP contribution in [0.25, 0.3) is 0 Å². The zero-order valence-corrected chi connectivity index (χ0v) is 11.2. The summed E-state index contributed by atoms with van der Waals surface area (Å²) < 4.78 is 5.13. The van der Waals surface area contributed by atoms with Crippen LogP contribution in [-0.4, -0.2) is 67.3 Å². The molecular weight excluding hydrogens is 244 g/mol. The fourth-order valence-electron chi connectivity index (χ4n) is 2.25. The number of hydrogen-bond acceptors (Lipinski definition) is 4. The average molecular weight is 264 g/mol. The highest BCUT2D eigenvalue weighted by Crippen LogP contribution is 2.15. The summed E-state index contributed by atoms with van der Waals surface area (Å²) in [5, 5.41) is 8.89. The van der Waals surface area contributed by atoms with Crippen LogP contribution in [0, 0.1) is 0 Å². The number of benzene rings is 1. The molecule has 1 aromatic rings. The van der Waals surface area contributed by atoms with E-state index in [-0.39, 0.29) is 12.5 Å². The Balaban J connectivity index is 1.97. The van der Waals surface area contributed by atoms with Gasteiger partial charge in [-0.3, -0.25) is 9.69 Å². The van der Waals surface area contributed by atoms with Crippen LogP contribution >= 0.6 is 0 Å². The molecule has 1 amide bonds. The van der Waals surface area contributed by atoms with Crippen molar-refractivity contribution in [2.24, 2.45) is 0 Å². The van der Waals surface area contributed by atoms with Gasteiger partial charge in [-0.15, -0.1) is 0 Å². The Hall–Kier alpha value is -1.59. The smallest absolute Gasteiger partial charge is 0.254 e. The summed E-state index contributed by atoms with van der Waals surface area (Å²) in [6.07, 6.45) is 0. The van der Waals surface area contributed by atoms with Gasteiger partial charge < -0.3 is 14.7 Å². The number of rotatable bonds is 4. The van der Waals surface area contributed by atoms with Crippen LogP contribution < -0.4 is 4.74 Å². The van der Waals surface area contributed by atoms with Crippen molar-refractivity contribution in [3.8, 4) is 5.75 Å². The summed E-state index contributed by atoms with van der Waals surface area (Å²) in [7, 11) is 1.59. The Morgan fingerprint density at radius 1 is 1.32 bits per heavy atom. The first-order valence-corrected chi connectivity index (χ1v) is 6.51. The van der Waals surface area contributed by atoms with Crippen molar-refractivity contribution in [1.29, 1.82) is 0 Å². The van der Waals surface area contributed by atoms with Crippen LogP contribution in [0.3, 0.4) is 0 Å². The minimum absolute atomic E-state index is 0.0440. The van der Waals surface area contributed by atoms with Gasteiger partial charge in [0.05, 0.1) is 13.7 Å². The van der Waals surface area contributed by atoms with E-state index in [9.17, 15) is 4.79 Å². The van der Waals surface area contributed by atoms with Crippen LogP contribution in [-0.2, 0) is 0 Å². The normalized spacial score (nSPS) is 16.4. The summed E-state index contributed by atoms with van der Waals surface area (Å²) in [5.41, 5.74) is 0.662. The molecule has 104 valence electrons. The molecule has 1 aromatic carbocycles. The zero-order valence-electron chi connectivity index (χ0n) is 11.2. The lowest BCUT2D eigenvalue weighted by molar-refractivity contribution is 0.0614. The standard InChI is InChI=1S/C14H20N2O3/c1-19-13-4-2-3-12(11-13)14(18)16-7-5-15(6-8-16)9-10-17/h2-4,11,17H,5-10H2,1H3. The van der Waals surface area contributed by atoms with Gasteiger partial charge in [-0.05, 0) is 18.2 Å². The first-order valence-electron chi connectivity index (χ1n) is 6.51. The molecule has 1 heterocycles. The maximum atomic E-state index is 12.3. The fraction of sp³-hybridized carbons (Fsp3) is 0.500. The third-order valence-corrected chi connectivity index (χ3v) is 3.39. The summed E-state index contributed by atoms with van der Waals surface area (Å²) >= 11 is 0. The molecule has 1 aliphatic heterocycles. The molecule has 1 aliphatic rings. The molecule has 0 radical (unpaired) electrons. The second kappa shape index (κ2) is 6.54. The number of nitrogens with zero attached hydrogens (tertiary/aromatic N) is 2. The van der Waals surface area contributed by atoms with E-state index in [0.29, 0.717) is 30.9 Å². The second-order valence-electron chi connectivity index (χ2n) is 4.59.